The number of aliphatic hydroxyl groups is 1. The van der Waals surface area contributed by atoms with Crippen LogP contribution in [0, 0.1) is 35.0 Å². The zero-order valence-electron chi connectivity index (χ0n) is 7.24. The van der Waals surface area contributed by atoms with E-state index in [-0.39, 0.29) is 0 Å². The maximum atomic E-state index is 9.18. The molecule has 0 saturated heterocycles. The number of nitriles is 1. The maximum absolute atomic E-state index is 9.18. The van der Waals surface area contributed by atoms with Crippen LogP contribution in [0.15, 0.2) is 0 Å². The molecule has 2 heteroatoms. The quantitative estimate of drug-likeness (QED) is 0.674. The molecule has 2 rings (SSSR count). The fraction of sp³-hybridized carbons (Fsp3) is 0.900. The van der Waals surface area contributed by atoms with Crippen LogP contribution in [0.4, 0.5) is 0 Å². The maximum Gasteiger partial charge on any atom is 0.0624 e. The van der Waals surface area contributed by atoms with Crippen LogP contribution < -0.4 is 0 Å². The van der Waals surface area contributed by atoms with Gasteiger partial charge >= 0.3 is 0 Å². The lowest BCUT2D eigenvalue weighted by atomic mass is 9.78. The summed E-state index contributed by atoms with van der Waals surface area (Å²) in [6.07, 6.45) is 4.52. The highest BCUT2D eigenvalue weighted by atomic mass is 16.3. The Balaban J connectivity index is 2.07. The first-order valence-corrected chi connectivity index (χ1v) is 4.84. The van der Waals surface area contributed by atoms with Crippen LogP contribution in [0.2, 0.25) is 0 Å². The molecule has 2 bridgehead atoms. The van der Waals surface area contributed by atoms with Crippen LogP contribution in [0.5, 0.6) is 0 Å². The summed E-state index contributed by atoms with van der Waals surface area (Å²) in [6, 6.07) is 2.25. The zero-order valence-corrected chi connectivity index (χ0v) is 7.24. The van der Waals surface area contributed by atoms with E-state index >= 15 is 0 Å². The van der Waals surface area contributed by atoms with Gasteiger partial charge in [0.2, 0.25) is 0 Å². The second-order valence-corrected chi connectivity index (χ2v) is 4.21. The largest absolute Gasteiger partial charge is 0.396 e. The van der Waals surface area contributed by atoms with Crippen molar-refractivity contribution >= 4 is 0 Å². The van der Waals surface area contributed by atoms with Crippen molar-refractivity contribution in [2.45, 2.75) is 25.7 Å². The van der Waals surface area contributed by atoms with E-state index < -0.39 is 0 Å². The fourth-order valence-corrected chi connectivity index (χ4v) is 3.24. The van der Waals surface area contributed by atoms with Crippen molar-refractivity contribution in [2.24, 2.45) is 23.7 Å². The number of hydrogen-bond donors (Lipinski definition) is 1. The lowest BCUT2D eigenvalue weighted by Crippen LogP contribution is -2.24. The highest BCUT2D eigenvalue weighted by Gasteiger charge is 2.46. The van der Waals surface area contributed by atoms with Gasteiger partial charge in [0, 0.05) is 13.0 Å². The van der Waals surface area contributed by atoms with Crippen molar-refractivity contribution in [1.82, 2.24) is 0 Å². The summed E-state index contributed by atoms with van der Waals surface area (Å²) in [6.45, 7) is 0.299. The second kappa shape index (κ2) is 3.06. The summed E-state index contributed by atoms with van der Waals surface area (Å²) in [5, 5.41) is 17.8. The van der Waals surface area contributed by atoms with Gasteiger partial charge in [0.25, 0.3) is 0 Å². The van der Waals surface area contributed by atoms with E-state index in [1.807, 2.05) is 0 Å². The average Bonchev–Trinajstić information content (AvgIpc) is 2.64. The third-order valence-electron chi connectivity index (χ3n) is 3.81. The van der Waals surface area contributed by atoms with Crippen LogP contribution in [0.3, 0.4) is 0 Å². The molecule has 12 heavy (non-hydrogen) atoms. The summed E-state index contributed by atoms with van der Waals surface area (Å²) in [4.78, 5) is 0. The highest BCUT2D eigenvalue weighted by molar-refractivity contribution is 4.98. The van der Waals surface area contributed by atoms with Crippen LogP contribution >= 0.6 is 0 Å². The van der Waals surface area contributed by atoms with Crippen LogP contribution in [-0.4, -0.2) is 11.7 Å². The van der Waals surface area contributed by atoms with Crippen molar-refractivity contribution in [3.63, 3.8) is 0 Å². The van der Waals surface area contributed by atoms with Gasteiger partial charge in [0.1, 0.15) is 0 Å². The van der Waals surface area contributed by atoms with Gasteiger partial charge in [0.05, 0.1) is 6.07 Å². The molecule has 4 atom stereocenters. The summed E-state index contributed by atoms with van der Waals surface area (Å²) in [5.74, 6) is 2.45. The molecule has 1 N–H and O–H groups in total. The molecule has 0 aromatic rings. The standard InChI is InChI=1S/C10H15NO/c11-4-3-9-7-1-2-8(5-7)10(9)6-12/h7-10,12H,1-3,5-6H2. The monoisotopic (exact) mass is 165 g/mol. The third kappa shape index (κ3) is 1.04. The Morgan fingerprint density at radius 3 is 2.50 bits per heavy atom. The molecule has 2 saturated carbocycles. The van der Waals surface area contributed by atoms with Gasteiger partial charge in [-0.25, -0.2) is 0 Å². The Morgan fingerprint density at radius 2 is 1.92 bits per heavy atom. The number of rotatable bonds is 2. The number of fused-ring (bicyclic) bond motifs is 2. The molecule has 0 amide bonds. The Bertz CT molecular complexity index is 208. The lowest BCUT2D eigenvalue weighted by Gasteiger charge is -2.27. The molecule has 2 aliphatic rings. The van der Waals surface area contributed by atoms with Crippen molar-refractivity contribution in [3.8, 4) is 6.07 Å². The third-order valence-corrected chi connectivity index (χ3v) is 3.81. The Labute approximate surface area is 73.2 Å². The van der Waals surface area contributed by atoms with Crippen LogP contribution in [0.1, 0.15) is 25.7 Å². The van der Waals surface area contributed by atoms with Gasteiger partial charge in [-0.15, -0.1) is 0 Å². The molecule has 4 unspecified atom stereocenters. The molecule has 0 heterocycles. The smallest absolute Gasteiger partial charge is 0.0624 e. The molecule has 0 aromatic carbocycles. The second-order valence-electron chi connectivity index (χ2n) is 4.21. The number of nitrogens with zero attached hydrogens (tertiary/aromatic N) is 1. The molecule has 0 spiro atoms. The van der Waals surface area contributed by atoms with Crippen LogP contribution in [0.25, 0.3) is 0 Å². The van der Waals surface area contributed by atoms with Crippen molar-refractivity contribution in [2.75, 3.05) is 6.61 Å². The van der Waals surface area contributed by atoms with Gasteiger partial charge < -0.3 is 5.11 Å². The minimum absolute atomic E-state index is 0.299. The van der Waals surface area contributed by atoms with E-state index in [4.69, 9.17) is 5.26 Å². The SMILES string of the molecule is N#CCC1C2CCC(C2)C1CO. The zero-order chi connectivity index (χ0) is 8.55. The van der Waals surface area contributed by atoms with Gasteiger partial charge in [-0.1, -0.05) is 0 Å². The Kier molecular flexibility index (Phi) is 2.06. The van der Waals surface area contributed by atoms with E-state index in [0.29, 0.717) is 24.9 Å². The average molecular weight is 165 g/mol. The molecule has 0 aliphatic heterocycles. The molecule has 2 nitrogen and oxygen atoms in total. The molecule has 0 aromatic heterocycles. The minimum atomic E-state index is 0.299. The predicted octanol–water partition coefficient (Wildman–Crippen LogP) is 1.55. The topological polar surface area (TPSA) is 44.0 Å². The first kappa shape index (κ1) is 8.07. The van der Waals surface area contributed by atoms with Crippen molar-refractivity contribution < 1.29 is 5.11 Å². The van der Waals surface area contributed by atoms with E-state index in [0.717, 1.165) is 11.8 Å². The van der Waals surface area contributed by atoms with Gasteiger partial charge in [0.15, 0.2) is 0 Å². The molecule has 66 valence electrons. The first-order chi connectivity index (χ1) is 5.86. The highest BCUT2D eigenvalue weighted by Crippen LogP contribution is 2.53. The normalized spacial score (nSPS) is 44.7. The van der Waals surface area contributed by atoms with Crippen LogP contribution in [-0.2, 0) is 0 Å². The van der Waals surface area contributed by atoms with Gasteiger partial charge in [-0.05, 0) is 42.9 Å². The van der Waals surface area contributed by atoms with E-state index in [9.17, 15) is 5.11 Å². The summed E-state index contributed by atoms with van der Waals surface area (Å²) in [7, 11) is 0. The van der Waals surface area contributed by atoms with E-state index in [2.05, 4.69) is 6.07 Å². The minimum Gasteiger partial charge on any atom is -0.396 e. The van der Waals surface area contributed by atoms with Gasteiger partial charge in [-0.2, -0.15) is 5.26 Å². The van der Waals surface area contributed by atoms with E-state index in [1.165, 1.54) is 19.3 Å². The van der Waals surface area contributed by atoms with Gasteiger partial charge in [-0.3, -0.25) is 0 Å². The number of hydrogen-bond acceptors (Lipinski definition) is 2. The molecule has 2 aliphatic carbocycles. The summed E-state index contributed by atoms with van der Waals surface area (Å²) < 4.78 is 0. The lowest BCUT2D eigenvalue weighted by molar-refractivity contribution is 0.127. The number of aliphatic hydroxyl groups excluding tert-OH is 1. The first-order valence-electron chi connectivity index (χ1n) is 4.84. The summed E-state index contributed by atoms with van der Waals surface area (Å²) in [5.41, 5.74) is 0. The molecule has 0 radical (unpaired) electrons. The Morgan fingerprint density at radius 1 is 1.25 bits per heavy atom. The fourth-order valence-electron chi connectivity index (χ4n) is 3.24. The van der Waals surface area contributed by atoms with Crippen molar-refractivity contribution in [1.29, 1.82) is 5.26 Å². The summed E-state index contributed by atoms with van der Waals surface area (Å²) >= 11 is 0. The molecular weight excluding hydrogens is 150 g/mol. The molecule has 2 fully saturated rings. The van der Waals surface area contributed by atoms with Crippen molar-refractivity contribution in [3.05, 3.63) is 0 Å². The van der Waals surface area contributed by atoms with E-state index in [1.54, 1.807) is 0 Å². The Hall–Kier alpha value is -0.550. The predicted molar refractivity (Wildman–Crippen MR) is 45.1 cm³/mol. The molecular formula is C10H15NO.